The number of anilines is 2. The number of nitrogens with zero attached hydrogens (tertiary/aromatic N) is 4. The molecule has 0 saturated carbocycles. The molecule has 8 nitrogen and oxygen atoms in total. The number of hydrogen-bond donors (Lipinski definition) is 2. The number of aliphatic hydroxyl groups excluding tert-OH is 1. The number of fused-ring (bicyclic) bond motifs is 2. The van der Waals surface area contributed by atoms with Crippen LogP contribution in [0, 0.1) is 5.82 Å². The van der Waals surface area contributed by atoms with E-state index in [2.05, 4.69) is 15.4 Å². The smallest absolute Gasteiger partial charge is 0.256 e. The van der Waals surface area contributed by atoms with Crippen molar-refractivity contribution in [2.45, 2.75) is 25.9 Å². The molecule has 2 aromatic heterocycles. The number of β-amino-alcohol motifs (C(OH)–C–C–N with tert-alkyl or cyclic N) is 1. The number of halogens is 1. The van der Waals surface area contributed by atoms with E-state index in [0.29, 0.717) is 54.5 Å². The van der Waals surface area contributed by atoms with E-state index in [4.69, 9.17) is 4.74 Å². The second kappa shape index (κ2) is 8.04. The number of rotatable bonds is 3. The van der Waals surface area contributed by atoms with Gasteiger partial charge < -0.3 is 20.1 Å². The zero-order chi connectivity index (χ0) is 20.4. The molecule has 1 aliphatic rings. The topological polar surface area (TPSA) is 92.0 Å². The van der Waals surface area contributed by atoms with Gasteiger partial charge in [-0.1, -0.05) is 6.92 Å². The summed E-state index contributed by atoms with van der Waals surface area (Å²) in [5, 5.41) is 17.3. The number of amides is 1. The fourth-order valence-electron chi connectivity index (χ4n) is 3.20. The van der Waals surface area contributed by atoms with Crippen molar-refractivity contribution in [3.63, 3.8) is 0 Å². The number of carbonyl (C=O) groups is 1. The number of aromatic nitrogens is 3. The average Bonchev–Trinajstić information content (AvgIpc) is 3.15. The number of nitrogens with one attached hydrogen (secondary N) is 1. The van der Waals surface area contributed by atoms with E-state index in [-0.39, 0.29) is 12.5 Å². The Morgan fingerprint density at radius 3 is 3.07 bits per heavy atom. The van der Waals surface area contributed by atoms with Crippen molar-refractivity contribution in [1.82, 2.24) is 19.9 Å². The number of aliphatic hydroxyl groups is 1. The Balaban J connectivity index is 1.90. The summed E-state index contributed by atoms with van der Waals surface area (Å²) >= 11 is 0. The van der Waals surface area contributed by atoms with Crippen molar-refractivity contribution in [1.29, 1.82) is 0 Å². The van der Waals surface area contributed by atoms with Gasteiger partial charge in [-0.05, 0) is 31.0 Å². The molecular formula is C20H22FN5O3. The van der Waals surface area contributed by atoms with Crippen molar-refractivity contribution in [2.24, 2.45) is 0 Å². The van der Waals surface area contributed by atoms with Crippen LogP contribution in [-0.4, -0.2) is 51.4 Å². The first-order valence-electron chi connectivity index (χ1n) is 9.57. The van der Waals surface area contributed by atoms with Crippen molar-refractivity contribution in [3.8, 4) is 5.75 Å². The molecule has 0 aliphatic carbocycles. The lowest BCUT2D eigenvalue weighted by atomic mass is 10.2. The summed E-state index contributed by atoms with van der Waals surface area (Å²) in [6.07, 6.45) is 3.59. The van der Waals surface area contributed by atoms with E-state index in [0.717, 1.165) is 0 Å². The monoisotopic (exact) mass is 399 g/mol. The fraction of sp³-hybridized carbons (Fsp3) is 0.350. The minimum absolute atomic E-state index is 0.190. The quantitative estimate of drug-likeness (QED) is 0.702. The van der Waals surface area contributed by atoms with Crippen LogP contribution in [0.3, 0.4) is 0 Å². The highest BCUT2D eigenvalue weighted by molar-refractivity contribution is 5.99. The van der Waals surface area contributed by atoms with Gasteiger partial charge in [0.25, 0.3) is 5.91 Å². The first-order valence-corrected chi connectivity index (χ1v) is 9.57. The van der Waals surface area contributed by atoms with Crippen molar-refractivity contribution < 1.29 is 19.0 Å². The minimum Gasteiger partial charge on any atom is -0.491 e. The van der Waals surface area contributed by atoms with E-state index in [1.165, 1.54) is 22.8 Å². The molecule has 1 aliphatic heterocycles. The summed E-state index contributed by atoms with van der Waals surface area (Å²) in [5.41, 5.74) is 1.20. The second-order valence-corrected chi connectivity index (χ2v) is 6.85. The molecule has 0 radical (unpaired) electrons. The summed E-state index contributed by atoms with van der Waals surface area (Å²) in [5.74, 6) is 0.244. The van der Waals surface area contributed by atoms with Gasteiger partial charge in [0.1, 0.15) is 22.9 Å². The van der Waals surface area contributed by atoms with Crippen LogP contribution >= 0.6 is 0 Å². The maximum absolute atomic E-state index is 14.1. The van der Waals surface area contributed by atoms with Crippen LogP contribution in [0.1, 0.15) is 30.1 Å². The summed E-state index contributed by atoms with van der Waals surface area (Å²) < 4.78 is 21.5. The molecule has 0 spiro atoms. The Bertz CT molecular complexity index is 1040. The molecule has 0 fully saturated rings. The van der Waals surface area contributed by atoms with Crippen LogP contribution < -0.4 is 15.0 Å². The van der Waals surface area contributed by atoms with Gasteiger partial charge in [0, 0.05) is 18.8 Å². The second-order valence-electron chi connectivity index (χ2n) is 6.85. The van der Waals surface area contributed by atoms with E-state index in [1.54, 1.807) is 23.2 Å². The normalized spacial score (nSPS) is 15.7. The zero-order valence-electron chi connectivity index (χ0n) is 16.0. The molecular weight excluding hydrogens is 377 g/mol. The lowest BCUT2D eigenvalue weighted by molar-refractivity contribution is 0.0953. The maximum Gasteiger partial charge on any atom is 0.256 e. The highest BCUT2D eigenvalue weighted by Crippen LogP contribution is 2.34. The Kier molecular flexibility index (Phi) is 5.30. The van der Waals surface area contributed by atoms with Crippen LogP contribution in [-0.2, 0) is 0 Å². The molecule has 1 amide bonds. The largest absolute Gasteiger partial charge is 0.491 e. The molecule has 1 atom stereocenters. The molecule has 2 bridgehead atoms. The van der Waals surface area contributed by atoms with Crippen LogP contribution in [0.5, 0.6) is 5.75 Å². The van der Waals surface area contributed by atoms with Gasteiger partial charge >= 0.3 is 0 Å². The molecule has 1 unspecified atom stereocenters. The standard InChI is InChI=1S/C20H22FN5O3/c1-2-14(27)12-25-16-10-13(21)4-5-17(16)29-9-3-7-22-20(28)15-11-23-26-8-6-18(25)24-19(15)26/h4-6,8,10-11,14,27H,2-3,7,9,12H2,1H3,(H,22,28). The van der Waals surface area contributed by atoms with E-state index in [1.807, 2.05) is 6.92 Å². The molecule has 3 aromatic rings. The Morgan fingerprint density at radius 2 is 2.24 bits per heavy atom. The third-order valence-corrected chi connectivity index (χ3v) is 4.82. The number of carbonyl (C=O) groups excluding carboxylic acids is 1. The van der Waals surface area contributed by atoms with Gasteiger partial charge in [-0.3, -0.25) is 4.79 Å². The predicted molar refractivity (Wildman–Crippen MR) is 105 cm³/mol. The summed E-state index contributed by atoms with van der Waals surface area (Å²) in [4.78, 5) is 18.8. The Hall–Kier alpha value is -3.20. The third-order valence-electron chi connectivity index (χ3n) is 4.82. The summed E-state index contributed by atoms with van der Waals surface area (Å²) in [6.45, 7) is 2.82. The minimum atomic E-state index is -0.660. The van der Waals surface area contributed by atoms with Gasteiger partial charge in [-0.2, -0.15) is 5.10 Å². The number of ether oxygens (including phenoxy) is 1. The number of hydrogen-bond acceptors (Lipinski definition) is 6. The third kappa shape index (κ3) is 3.86. The number of benzene rings is 1. The van der Waals surface area contributed by atoms with Crippen molar-refractivity contribution in [2.75, 3.05) is 24.6 Å². The summed E-state index contributed by atoms with van der Waals surface area (Å²) in [7, 11) is 0. The van der Waals surface area contributed by atoms with Crippen molar-refractivity contribution in [3.05, 3.63) is 48.0 Å². The van der Waals surface area contributed by atoms with Gasteiger partial charge in [0.15, 0.2) is 5.65 Å². The molecule has 3 heterocycles. The molecule has 4 rings (SSSR count). The molecule has 9 heteroatoms. The summed E-state index contributed by atoms with van der Waals surface area (Å²) in [6, 6.07) is 5.97. The molecule has 2 N–H and O–H groups in total. The van der Waals surface area contributed by atoms with E-state index < -0.39 is 11.9 Å². The lowest BCUT2D eigenvalue weighted by Crippen LogP contribution is -2.29. The first kappa shape index (κ1) is 19.1. The van der Waals surface area contributed by atoms with Crippen molar-refractivity contribution >= 4 is 23.1 Å². The zero-order valence-corrected chi connectivity index (χ0v) is 16.0. The average molecular weight is 399 g/mol. The fourth-order valence-corrected chi connectivity index (χ4v) is 3.20. The molecule has 0 saturated heterocycles. The van der Waals surface area contributed by atoms with E-state index >= 15 is 0 Å². The molecule has 152 valence electrons. The van der Waals surface area contributed by atoms with Gasteiger partial charge in [-0.15, -0.1) is 0 Å². The van der Waals surface area contributed by atoms with Crippen LogP contribution in [0.15, 0.2) is 36.7 Å². The van der Waals surface area contributed by atoms with Crippen LogP contribution in [0.2, 0.25) is 0 Å². The van der Waals surface area contributed by atoms with Gasteiger partial charge in [-0.25, -0.2) is 13.9 Å². The maximum atomic E-state index is 14.1. The van der Waals surface area contributed by atoms with Crippen LogP contribution in [0.4, 0.5) is 15.9 Å². The lowest BCUT2D eigenvalue weighted by Gasteiger charge is -2.28. The highest BCUT2D eigenvalue weighted by atomic mass is 19.1. The Labute approximate surface area is 166 Å². The molecule has 1 aromatic carbocycles. The first-order chi connectivity index (χ1) is 14.1. The Morgan fingerprint density at radius 1 is 1.38 bits per heavy atom. The SMILES string of the molecule is CCC(O)CN1c2ccn3ncc(c3n2)C(=O)NCCCOc2ccc(F)cc21. The predicted octanol–water partition coefficient (Wildman–Crippen LogP) is 2.29. The van der Waals surface area contributed by atoms with Gasteiger partial charge in [0.05, 0.1) is 31.1 Å². The highest BCUT2D eigenvalue weighted by Gasteiger charge is 2.22. The van der Waals surface area contributed by atoms with Gasteiger partial charge in [0.2, 0.25) is 0 Å². The van der Waals surface area contributed by atoms with E-state index in [9.17, 15) is 14.3 Å². The van der Waals surface area contributed by atoms with Crippen LogP contribution in [0.25, 0.3) is 5.65 Å². The molecule has 29 heavy (non-hydrogen) atoms.